The van der Waals surface area contributed by atoms with Gasteiger partial charge in [0.25, 0.3) is 5.56 Å². The molecule has 0 saturated carbocycles. The molecule has 19 nitrogen and oxygen atoms in total. The lowest BCUT2D eigenvalue weighted by molar-refractivity contribution is -0.117. The van der Waals surface area contributed by atoms with E-state index >= 15 is 4.39 Å². The first-order valence-corrected chi connectivity index (χ1v) is 19.7. The first-order chi connectivity index (χ1) is 22.3. The molecule has 2 aliphatic heterocycles. The second-order valence-corrected chi connectivity index (χ2v) is 17.7. The van der Waals surface area contributed by atoms with Crippen LogP contribution in [0.2, 0.25) is 0 Å². The molecule has 4 aromatic rings. The maximum Gasteiger partial charge on any atom is 0.584 e. The lowest BCUT2D eigenvalue weighted by Gasteiger charge is -2.30. The molecule has 2 saturated heterocycles. The topological polar surface area (TPSA) is 252 Å². The van der Waals surface area contributed by atoms with Crippen molar-refractivity contribution in [3.05, 3.63) is 29.3 Å². The van der Waals surface area contributed by atoms with Crippen molar-refractivity contribution in [3.63, 3.8) is 0 Å². The highest BCUT2D eigenvalue weighted by molar-refractivity contribution is 8.60. The van der Waals surface area contributed by atoms with Gasteiger partial charge in [-0.15, -0.1) is 4.52 Å². The van der Waals surface area contributed by atoms with Gasteiger partial charge in [-0.2, -0.15) is 4.98 Å². The first-order valence-electron chi connectivity index (χ1n) is 13.6. The molecule has 0 aliphatic carbocycles. The molecular weight excluding hydrogens is 725 g/mol. The highest BCUT2D eigenvalue weighted by Crippen LogP contribution is 2.58. The van der Waals surface area contributed by atoms with Gasteiger partial charge in [-0.25, -0.2) is 24.3 Å². The summed E-state index contributed by atoms with van der Waals surface area (Å²) in [5, 5.41) is 9.77. The summed E-state index contributed by atoms with van der Waals surface area (Å²) < 4.78 is 64.7. The second-order valence-electron chi connectivity index (χ2n) is 10.7. The number of halogens is 1. The largest absolute Gasteiger partial charge is 0.584 e. The van der Waals surface area contributed by atoms with Crippen LogP contribution in [0.25, 0.3) is 22.3 Å². The fourth-order valence-electron chi connectivity index (χ4n) is 5.34. The Hall–Kier alpha value is -2.40. The van der Waals surface area contributed by atoms with Crippen LogP contribution in [0, 0.1) is 0 Å². The number of imidazole rings is 2. The molecule has 254 valence electrons. The number of hydrogen-bond donors (Lipinski definition) is 6. The molecule has 4 aromatic heterocycles. The Morgan fingerprint density at radius 2 is 1.96 bits per heavy atom. The number of anilines is 2. The van der Waals surface area contributed by atoms with Gasteiger partial charge in [0.1, 0.15) is 42.4 Å². The fraction of sp³-hybridized carbons (Fsp3) is 0.545. The molecule has 0 bridgehead atoms. The Morgan fingerprint density at radius 3 is 2.68 bits per heavy atom. The molecule has 47 heavy (non-hydrogen) atoms. The zero-order valence-electron chi connectivity index (χ0n) is 24.1. The monoisotopic (exact) mass is 753 g/mol. The summed E-state index contributed by atoms with van der Waals surface area (Å²) in [6, 6.07) is 0. The van der Waals surface area contributed by atoms with Crippen LogP contribution in [-0.4, -0.2) is 94.2 Å². The van der Waals surface area contributed by atoms with Gasteiger partial charge in [-0.1, -0.05) is 12.2 Å². The fourth-order valence-corrected chi connectivity index (χ4v) is 7.61. The SMILES string of the molecule is C[C@@]1(COP(=S)(S)O[C@@H]2[C@@H](F)[C@@H](CO)O[C@H]2n2cnc3c(=O)[nH]c(N)nc32)C[C@@H](OCO[P+](=O)S)[C@H](n2cnc3c(N)ncnc32)O1. The molecule has 0 radical (unpaired) electrons. The van der Waals surface area contributed by atoms with Crippen molar-refractivity contribution in [2.75, 3.05) is 31.5 Å². The summed E-state index contributed by atoms with van der Waals surface area (Å²) in [6.45, 7) is 0.479. The maximum atomic E-state index is 15.6. The Morgan fingerprint density at radius 1 is 1.23 bits per heavy atom. The van der Waals surface area contributed by atoms with Crippen LogP contribution in [0.1, 0.15) is 25.8 Å². The zero-order chi connectivity index (χ0) is 33.7. The smallest absolute Gasteiger partial charge is 0.394 e. The Balaban J connectivity index is 1.21. The van der Waals surface area contributed by atoms with E-state index in [4.69, 9.17) is 51.1 Å². The molecule has 0 aromatic carbocycles. The van der Waals surface area contributed by atoms with Crippen molar-refractivity contribution in [1.82, 2.24) is 39.0 Å². The van der Waals surface area contributed by atoms with Crippen LogP contribution in [-0.2, 0) is 44.2 Å². The third-order valence-electron chi connectivity index (χ3n) is 7.42. The number of H-pyrrole nitrogens is 1. The molecule has 2 aliphatic rings. The van der Waals surface area contributed by atoms with Crippen molar-refractivity contribution in [2.45, 2.75) is 55.9 Å². The molecule has 6 rings (SSSR count). The highest BCUT2D eigenvalue weighted by Gasteiger charge is 2.51. The van der Waals surface area contributed by atoms with Crippen molar-refractivity contribution in [3.8, 4) is 0 Å². The summed E-state index contributed by atoms with van der Waals surface area (Å²) in [5.74, 6) is -0.0361. The third kappa shape index (κ3) is 7.03. The van der Waals surface area contributed by atoms with Gasteiger partial charge in [-0.3, -0.25) is 18.9 Å². The van der Waals surface area contributed by atoms with Crippen LogP contribution in [0.4, 0.5) is 16.2 Å². The minimum atomic E-state index is -3.58. The average Bonchev–Trinajstić information content (AvgIpc) is 3.77. The minimum absolute atomic E-state index is 0.00142. The summed E-state index contributed by atoms with van der Waals surface area (Å²) in [6.07, 6.45) is -3.32. The van der Waals surface area contributed by atoms with Gasteiger partial charge in [0.15, 0.2) is 41.3 Å². The van der Waals surface area contributed by atoms with Crippen LogP contribution in [0.5, 0.6) is 0 Å². The molecule has 6 N–H and O–H groups in total. The van der Waals surface area contributed by atoms with E-state index < -0.39 is 67.6 Å². The van der Waals surface area contributed by atoms with E-state index in [1.165, 1.54) is 23.5 Å². The molecule has 2 fully saturated rings. The van der Waals surface area contributed by atoms with Crippen LogP contribution in [0.15, 0.2) is 23.8 Å². The number of aliphatic hydroxyl groups is 1. The standard InChI is InChI=1S/C22H27FN10O9P2S3/c1-22(2-9(37-8-38-43(36)45)19(41-22)32-6-28-12-15(24)26-5-27-16(12)32)4-39-44(46,47)42-14-11(23)10(3-34)40-20(14)33-7-29-13-17(33)30-21(25)31-18(13)35/h5-7,9-11,14,19-20,34H,2-4,8H2,1H3,(H6-,24,25,26,27,30,31,35,36,45,46,47)/p+1/t9-,10-,11+,14-,19-,20-,22+/m1/s1. The van der Waals surface area contributed by atoms with Gasteiger partial charge < -0.3 is 39.8 Å². The van der Waals surface area contributed by atoms with E-state index in [0.29, 0.717) is 11.2 Å². The van der Waals surface area contributed by atoms with Gasteiger partial charge in [0, 0.05) is 6.42 Å². The lowest BCUT2D eigenvalue weighted by atomic mass is 10.0. The van der Waals surface area contributed by atoms with Crippen molar-refractivity contribution >= 4 is 83.3 Å². The van der Waals surface area contributed by atoms with Gasteiger partial charge >= 0.3 is 7.23 Å². The van der Waals surface area contributed by atoms with Gasteiger partial charge in [0.2, 0.25) is 18.4 Å². The van der Waals surface area contributed by atoms with E-state index in [9.17, 15) is 14.5 Å². The summed E-state index contributed by atoms with van der Waals surface area (Å²) >= 11 is 13.7. The molecular formula is C22H28FN10O9P2S3+. The zero-order valence-corrected chi connectivity index (χ0v) is 28.5. The third-order valence-corrected chi connectivity index (χ3v) is 10.3. The van der Waals surface area contributed by atoms with Gasteiger partial charge in [-0.05, 0) is 23.3 Å². The second kappa shape index (κ2) is 13.5. The summed E-state index contributed by atoms with van der Waals surface area (Å²) in [5.41, 5.74) is 7.01. The lowest BCUT2D eigenvalue weighted by Crippen LogP contribution is -2.33. The Bertz CT molecular complexity index is 1920. The minimum Gasteiger partial charge on any atom is -0.394 e. The van der Waals surface area contributed by atoms with Crippen molar-refractivity contribution in [1.29, 1.82) is 0 Å². The average molecular weight is 754 g/mol. The Labute approximate surface area is 280 Å². The number of aromatic amines is 1. The number of nitrogens with two attached hydrogens (primary N) is 2. The molecule has 6 heterocycles. The van der Waals surface area contributed by atoms with Crippen LogP contribution >= 0.6 is 37.4 Å². The number of fused-ring (bicyclic) bond motifs is 2. The normalized spacial score (nSPS) is 29.5. The van der Waals surface area contributed by atoms with Crippen molar-refractivity contribution in [2.24, 2.45) is 0 Å². The molecule has 9 atom stereocenters. The number of rotatable bonds is 12. The summed E-state index contributed by atoms with van der Waals surface area (Å²) in [4.78, 5) is 35.3. The highest BCUT2D eigenvalue weighted by atomic mass is 32.9. The van der Waals surface area contributed by atoms with E-state index in [1.807, 2.05) is 0 Å². The number of nitrogens with zero attached hydrogens (tertiary/aromatic N) is 7. The predicted octanol–water partition coefficient (Wildman–Crippen LogP) is 1.53. The number of aliphatic hydroxyl groups excluding tert-OH is 1. The molecule has 0 spiro atoms. The van der Waals surface area contributed by atoms with Gasteiger partial charge in [0.05, 0.1) is 31.5 Å². The molecule has 25 heteroatoms. The number of nitrogen functional groups attached to an aromatic ring is 2. The number of aromatic nitrogens is 8. The first kappa shape index (κ1) is 34.5. The van der Waals surface area contributed by atoms with E-state index in [-0.39, 0.29) is 42.8 Å². The summed E-state index contributed by atoms with van der Waals surface area (Å²) in [7, 11) is -2.23. The predicted molar refractivity (Wildman–Crippen MR) is 173 cm³/mol. The van der Waals surface area contributed by atoms with Crippen LogP contribution < -0.4 is 17.0 Å². The molecule has 2 unspecified atom stereocenters. The number of ether oxygens (including phenoxy) is 3. The number of alkyl halides is 1. The van der Waals surface area contributed by atoms with E-state index in [2.05, 4.69) is 54.4 Å². The number of hydrogen-bond acceptors (Lipinski definition) is 17. The van der Waals surface area contributed by atoms with Crippen molar-refractivity contribution < 1.29 is 41.8 Å². The van der Waals surface area contributed by atoms with E-state index in [0.717, 1.165) is 0 Å². The quantitative estimate of drug-likeness (QED) is 0.0682. The van der Waals surface area contributed by atoms with E-state index in [1.54, 1.807) is 11.5 Å². The maximum absolute atomic E-state index is 15.6. The number of nitrogens with one attached hydrogen (secondary N) is 1. The van der Waals surface area contributed by atoms with Crippen LogP contribution in [0.3, 0.4) is 0 Å². The number of thiol groups is 2. The molecule has 0 amide bonds. The Kier molecular flexibility index (Phi) is 9.89.